The lowest BCUT2D eigenvalue weighted by molar-refractivity contribution is -0.147. The van der Waals surface area contributed by atoms with E-state index in [9.17, 15) is 14.7 Å². The summed E-state index contributed by atoms with van der Waals surface area (Å²) in [6, 6.07) is 4.51. The van der Waals surface area contributed by atoms with Crippen molar-refractivity contribution in [1.82, 2.24) is 4.57 Å². The Bertz CT molecular complexity index is 718. The van der Waals surface area contributed by atoms with E-state index in [1.165, 1.54) is 6.92 Å². The van der Waals surface area contributed by atoms with Gasteiger partial charge < -0.3 is 19.1 Å². The number of ether oxygens (including phenoxy) is 2. The highest BCUT2D eigenvalue weighted by molar-refractivity contribution is 6.76. The normalized spacial score (nSPS) is 23.0. The summed E-state index contributed by atoms with van der Waals surface area (Å²) in [5.74, 6) is -0.800. The SMILES string of the molecule is CC(=O)O[C@@H]1C[C@](O)(C(=O)c2cccn2COCC[Si](C)(C)C)CC=C1C. The van der Waals surface area contributed by atoms with Gasteiger partial charge in [0.15, 0.2) is 0 Å². The lowest BCUT2D eigenvalue weighted by atomic mass is 9.80. The average molecular weight is 394 g/mol. The molecule has 0 fully saturated rings. The predicted octanol–water partition coefficient (Wildman–Crippen LogP) is 3.39. The molecule has 27 heavy (non-hydrogen) atoms. The fourth-order valence-corrected chi connectivity index (χ4v) is 3.80. The Morgan fingerprint density at radius 3 is 2.70 bits per heavy atom. The number of carbonyl (C=O) groups is 2. The number of rotatable bonds is 8. The quantitative estimate of drug-likeness (QED) is 0.241. The molecular formula is C20H31NO5Si. The molecule has 0 saturated carbocycles. The number of hydrogen-bond acceptors (Lipinski definition) is 5. The van der Waals surface area contributed by atoms with Gasteiger partial charge in [-0.25, -0.2) is 0 Å². The summed E-state index contributed by atoms with van der Waals surface area (Å²) >= 11 is 0. The summed E-state index contributed by atoms with van der Waals surface area (Å²) < 4.78 is 12.7. The second-order valence-electron chi connectivity index (χ2n) is 8.53. The van der Waals surface area contributed by atoms with Crippen LogP contribution < -0.4 is 0 Å². The predicted molar refractivity (Wildman–Crippen MR) is 106 cm³/mol. The maximum atomic E-state index is 13.0. The second kappa shape index (κ2) is 8.54. The highest BCUT2D eigenvalue weighted by atomic mass is 28.3. The third kappa shape index (κ3) is 5.89. The van der Waals surface area contributed by atoms with Gasteiger partial charge in [-0.05, 0) is 30.7 Å². The summed E-state index contributed by atoms with van der Waals surface area (Å²) in [4.78, 5) is 24.3. The van der Waals surface area contributed by atoms with Crippen LogP contribution in [0, 0.1) is 0 Å². The van der Waals surface area contributed by atoms with Gasteiger partial charge in [0.05, 0.1) is 5.69 Å². The lowest BCUT2D eigenvalue weighted by Gasteiger charge is -2.34. The zero-order valence-corrected chi connectivity index (χ0v) is 17.9. The molecule has 1 heterocycles. The van der Waals surface area contributed by atoms with Crippen molar-refractivity contribution in [3.8, 4) is 0 Å². The minimum atomic E-state index is -1.59. The molecule has 2 atom stereocenters. The first kappa shape index (κ1) is 21.6. The van der Waals surface area contributed by atoms with Crippen molar-refractivity contribution in [3.05, 3.63) is 35.7 Å². The van der Waals surface area contributed by atoms with Gasteiger partial charge >= 0.3 is 5.97 Å². The molecule has 1 aromatic rings. The lowest BCUT2D eigenvalue weighted by Crippen LogP contribution is -2.45. The molecular weight excluding hydrogens is 362 g/mol. The number of Topliss-reactive ketones (excluding diaryl/α,β-unsaturated/α-hetero) is 1. The molecule has 0 spiro atoms. The van der Waals surface area contributed by atoms with Crippen LogP contribution in [0.3, 0.4) is 0 Å². The van der Waals surface area contributed by atoms with Crippen molar-refractivity contribution >= 4 is 19.8 Å². The van der Waals surface area contributed by atoms with E-state index < -0.39 is 25.7 Å². The molecule has 0 bridgehead atoms. The Balaban J connectivity index is 2.07. The number of hydrogen-bond donors (Lipinski definition) is 1. The number of ketones is 1. The van der Waals surface area contributed by atoms with E-state index in [1.807, 2.05) is 6.92 Å². The number of nitrogens with zero attached hydrogens (tertiary/aromatic N) is 1. The minimum Gasteiger partial charge on any atom is -0.458 e. The molecule has 0 aromatic carbocycles. The molecule has 7 heteroatoms. The van der Waals surface area contributed by atoms with Gasteiger partial charge in [-0.1, -0.05) is 25.7 Å². The molecule has 1 aromatic heterocycles. The van der Waals surface area contributed by atoms with Crippen LogP contribution in [-0.4, -0.2) is 47.8 Å². The number of esters is 1. The maximum Gasteiger partial charge on any atom is 0.303 e. The van der Waals surface area contributed by atoms with E-state index in [4.69, 9.17) is 9.47 Å². The largest absolute Gasteiger partial charge is 0.458 e. The second-order valence-corrected chi connectivity index (χ2v) is 14.1. The number of aliphatic hydroxyl groups is 1. The number of aromatic nitrogens is 1. The smallest absolute Gasteiger partial charge is 0.303 e. The van der Waals surface area contributed by atoms with Crippen LogP contribution in [0.4, 0.5) is 0 Å². The van der Waals surface area contributed by atoms with Gasteiger partial charge in [-0.3, -0.25) is 9.59 Å². The maximum absolute atomic E-state index is 13.0. The van der Waals surface area contributed by atoms with Gasteiger partial charge in [-0.2, -0.15) is 0 Å². The fraction of sp³-hybridized carbons (Fsp3) is 0.600. The Morgan fingerprint density at radius 1 is 1.37 bits per heavy atom. The Kier molecular flexibility index (Phi) is 6.83. The summed E-state index contributed by atoms with van der Waals surface area (Å²) in [5.41, 5.74) is -0.332. The van der Waals surface area contributed by atoms with Crippen LogP contribution in [0.25, 0.3) is 0 Å². The first-order valence-corrected chi connectivity index (χ1v) is 13.1. The van der Waals surface area contributed by atoms with E-state index in [0.29, 0.717) is 12.3 Å². The monoisotopic (exact) mass is 393 g/mol. The van der Waals surface area contributed by atoms with Gasteiger partial charge in [0.25, 0.3) is 0 Å². The van der Waals surface area contributed by atoms with Crippen molar-refractivity contribution in [2.75, 3.05) is 6.61 Å². The topological polar surface area (TPSA) is 77.8 Å². The zero-order chi connectivity index (χ0) is 20.2. The molecule has 0 saturated heterocycles. The Labute approximate surface area is 162 Å². The molecule has 1 aliphatic carbocycles. The van der Waals surface area contributed by atoms with E-state index >= 15 is 0 Å². The molecule has 1 N–H and O–H groups in total. The Morgan fingerprint density at radius 2 is 2.07 bits per heavy atom. The summed E-state index contributed by atoms with van der Waals surface area (Å²) in [5, 5.41) is 11.0. The van der Waals surface area contributed by atoms with Gasteiger partial charge in [0.1, 0.15) is 18.4 Å². The molecule has 150 valence electrons. The molecule has 6 nitrogen and oxygen atoms in total. The molecule has 0 amide bonds. The van der Waals surface area contributed by atoms with Crippen LogP contribution in [-0.2, 0) is 21.0 Å². The van der Waals surface area contributed by atoms with Gasteiger partial charge in [-0.15, -0.1) is 0 Å². The van der Waals surface area contributed by atoms with Crippen LogP contribution in [0.1, 0.15) is 37.2 Å². The van der Waals surface area contributed by atoms with Crippen molar-refractivity contribution in [2.24, 2.45) is 0 Å². The first-order chi connectivity index (χ1) is 12.5. The summed E-state index contributed by atoms with van der Waals surface area (Å²) in [7, 11) is -1.17. The van der Waals surface area contributed by atoms with Crippen molar-refractivity contribution < 1.29 is 24.2 Å². The number of carbonyl (C=O) groups excluding carboxylic acids is 2. The summed E-state index contributed by atoms with van der Waals surface area (Å²) in [6.07, 6.45) is 3.24. The zero-order valence-electron chi connectivity index (χ0n) is 16.9. The first-order valence-electron chi connectivity index (χ1n) is 9.36. The van der Waals surface area contributed by atoms with Crippen molar-refractivity contribution in [3.63, 3.8) is 0 Å². The third-order valence-corrected chi connectivity index (χ3v) is 6.52. The Hall–Kier alpha value is -1.70. The van der Waals surface area contributed by atoms with E-state index in [1.54, 1.807) is 29.0 Å². The third-order valence-electron chi connectivity index (χ3n) is 4.81. The molecule has 0 unspecified atom stereocenters. The fourth-order valence-electron chi connectivity index (χ4n) is 3.05. The molecule has 2 rings (SSSR count). The van der Waals surface area contributed by atoms with Crippen molar-refractivity contribution in [2.45, 2.75) is 70.8 Å². The highest BCUT2D eigenvalue weighted by Crippen LogP contribution is 2.32. The highest BCUT2D eigenvalue weighted by Gasteiger charge is 2.43. The molecule has 0 radical (unpaired) electrons. The van der Waals surface area contributed by atoms with Gasteiger partial charge in [0, 0.05) is 40.6 Å². The van der Waals surface area contributed by atoms with Crippen LogP contribution in [0.2, 0.25) is 25.7 Å². The van der Waals surface area contributed by atoms with Crippen molar-refractivity contribution in [1.29, 1.82) is 0 Å². The van der Waals surface area contributed by atoms with E-state index in [0.717, 1.165) is 11.6 Å². The van der Waals surface area contributed by atoms with Gasteiger partial charge in [0.2, 0.25) is 5.78 Å². The summed E-state index contributed by atoms with van der Waals surface area (Å²) in [6.45, 7) is 11.0. The van der Waals surface area contributed by atoms with Crippen LogP contribution in [0.15, 0.2) is 30.0 Å². The van der Waals surface area contributed by atoms with E-state index in [2.05, 4.69) is 19.6 Å². The molecule has 1 aliphatic rings. The molecule has 0 aliphatic heterocycles. The average Bonchev–Trinajstić information content (AvgIpc) is 3.01. The van der Waals surface area contributed by atoms with Crippen LogP contribution in [0.5, 0.6) is 0 Å². The van der Waals surface area contributed by atoms with E-state index in [-0.39, 0.29) is 25.4 Å². The standard InChI is InChI=1S/C20H31NO5Si/c1-15-8-9-20(24,13-18(15)26-16(2)22)19(23)17-7-6-10-21(17)14-25-11-12-27(3,4)5/h6-8,10,18,24H,9,11-14H2,1-5H3/t18-,20+/m1/s1. The minimum absolute atomic E-state index is 0.0649. The van der Waals surface area contributed by atoms with Crippen LogP contribution >= 0.6 is 0 Å².